The summed E-state index contributed by atoms with van der Waals surface area (Å²) < 4.78 is 5.08. The van der Waals surface area contributed by atoms with Crippen LogP contribution in [-0.4, -0.2) is 39.5 Å². The number of nitrogens with zero attached hydrogens (tertiary/aromatic N) is 2. The van der Waals surface area contributed by atoms with Gasteiger partial charge in [-0.15, -0.1) is 0 Å². The highest BCUT2D eigenvalue weighted by molar-refractivity contribution is 7.80. The second-order valence-corrected chi connectivity index (χ2v) is 9.67. The van der Waals surface area contributed by atoms with Crippen LogP contribution < -0.4 is 4.90 Å². The third-order valence-electron chi connectivity index (χ3n) is 6.87. The Hall–Kier alpha value is -3.68. The van der Waals surface area contributed by atoms with Gasteiger partial charge in [-0.25, -0.2) is 4.79 Å². The number of halogens is 1. The largest absolute Gasteiger partial charge is 0.462 e. The fourth-order valence-corrected chi connectivity index (χ4v) is 5.82. The normalized spacial score (nSPS) is 18.9. The zero-order valence-corrected chi connectivity index (χ0v) is 21.0. The molecule has 1 saturated heterocycles. The minimum absolute atomic E-state index is 0.0845. The SMILES string of the molecule is CCOC(=O)c1ccc(N2C(=O)[C@@H]3Cc4c([nH]c5ccccc45)[C@@H](c4ccc(Cl)cc4)N3C2=S)cc1. The number of rotatable bonds is 4. The van der Waals surface area contributed by atoms with Crippen LogP contribution in [0.2, 0.25) is 5.02 Å². The van der Waals surface area contributed by atoms with Gasteiger partial charge in [0.2, 0.25) is 0 Å². The van der Waals surface area contributed by atoms with Crippen LogP contribution in [0.1, 0.15) is 40.1 Å². The molecule has 2 aliphatic heterocycles. The first-order valence-electron chi connectivity index (χ1n) is 11.8. The van der Waals surface area contributed by atoms with Gasteiger partial charge in [-0.3, -0.25) is 9.69 Å². The van der Waals surface area contributed by atoms with Crippen LogP contribution in [0.3, 0.4) is 0 Å². The van der Waals surface area contributed by atoms with Crippen molar-refractivity contribution in [1.82, 2.24) is 9.88 Å². The summed E-state index contributed by atoms with van der Waals surface area (Å²) in [7, 11) is 0. The van der Waals surface area contributed by atoms with Crippen LogP contribution in [0.15, 0.2) is 72.8 Å². The van der Waals surface area contributed by atoms with E-state index >= 15 is 0 Å². The first-order valence-corrected chi connectivity index (χ1v) is 12.5. The van der Waals surface area contributed by atoms with Gasteiger partial charge < -0.3 is 14.6 Å². The molecule has 36 heavy (non-hydrogen) atoms. The lowest BCUT2D eigenvalue weighted by Crippen LogP contribution is -2.44. The number of fused-ring (bicyclic) bond motifs is 4. The number of nitrogens with one attached hydrogen (secondary N) is 1. The van der Waals surface area contributed by atoms with E-state index in [0.29, 0.717) is 34.4 Å². The second-order valence-electron chi connectivity index (χ2n) is 8.87. The standard InChI is InChI=1S/C28H22ClN3O3S/c1-2-35-27(34)17-9-13-19(14-10-17)31-26(33)23-15-21-20-5-3-4-6-22(20)30-24(21)25(32(23)28(31)36)16-7-11-18(29)12-8-16/h3-14,23,25,30H,2,15H2,1H3/t23-,25+/m0/s1. The lowest BCUT2D eigenvalue weighted by atomic mass is 9.89. The number of aromatic amines is 1. The summed E-state index contributed by atoms with van der Waals surface area (Å²) in [5, 5.41) is 2.19. The number of para-hydroxylation sites is 1. The molecule has 6 nitrogen and oxygen atoms in total. The lowest BCUT2D eigenvalue weighted by Gasteiger charge is -2.37. The zero-order chi connectivity index (χ0) is 25.0. The fourth-order valence-electron chi connectivity index (χ4n) is 5.26. The number of benzene rings is 3. The number of hydrogen-bond donors (Lipinski definition) is 1. The van der Waals surface area contributed by atoms with Crippen molar-refractivity contribution in [2.45, 2.75) is 25.4 Å². The number of H-pyrrole nitrogens is 1. The number of hydrogen-bond acceptors (Lipinski definition) is 4. The number of esters is 1. The van der Waals surface area contributed by atoms with Gasteiger partial charge in [0.15, 0.2) is 5.11 Å². The predicted molar refractivity (Wildman–Crippen MR) is 143 cm³/mol. The molecule has 0 radical (unpaired) electrons. The van der Waals surface area contributed by atoms with Crippen LogP contribution >= 0.6 is 23.8 Å². The minimum atomic E-state index is -0.449. The molecule has 8 heteroatoms. The Balaban J connectivity index is 1.44. The molecule has 0 bridgehead atoms. The molecule has 0 aliphatic carbocycles. The van der Waals surface area contributed by atoms with Crippen molar-refractivity contribution < 1.29 is 14.3 Å². The highest BCUT2D eigenvalue weighted by atomic mass is 35.5. The summed E-state index contributed by atoms with van der Waals surface area (Å²) in [5.41, 5.74) is 5.23. The van der Waals surface area contributed by atoms with Crippen molar-refractivity contribution in [2.24, 2.45) is 0 Å². The van der Waals surface area contributed by atoms with Crippen molar-refractivity contribution in [1.29, 1.82) is 0 Å². The summed E-state index contributed by atoms with van der Waals surface area (Å²) >= 11 is 12.1. The number of aromatic nitrogens is 1. The van der Waals surface area contributed by atoms with E-state index in [1.54, 1.807) is 36.1 Å². The third-order valence-corrected chi connectivity index (χ3v) is 7.52. The molecule has 1 fully saturated rings. The van der Waals surface area contributed by atoms with E-state index in [2.05, 4.69) is 17.1 Å². The molecule has 6 rings (SSSR count). The van der Waals surface area contributed by atoms with Crippen molar-refractivity contribution in [3.05, 3.63) is 100 Å². The highest BCUT2D eigenvalue weighted by Crippen LogP contribution is 2.45. The monoisotopic (exact) mass is 515 g/mol. The molecular formula is C28H22ClN3O3S. The van der Waals surface area contributed by atoms with Gasteiger partial charge in [-0.1, -0.05) is 41.9 Å². The van der Waals surface area contributed by atoms with Gasteiger partial charge in [0.05, 0.1) is 23.9 Å². The maximum absolute atomic E-state index is 13.8. The number of amides is 1. The minimum Gasteiger partial charge on any atom is -0.462 e. The van der Waals surface area contributed by atoms with Gasteiger partial charge in [0.25, 0.3) is 5.91 Å². The quantitative estimate of drug-likeness (QED) is 0.281. The summed E-state index contributed by atoms with van der Waals surface area (Å²) in [6.45, 7) is 2.06. The van der Waals surface area contributed by atoms with Crippen LogP contribution in [0.5, 0.6) is 0 Å². The smallest absolute Gasteiger partial charge is 0.338 e. The predicted octanol–water partition coefficient (Wildman–Crippen LogP) is 5.65. The molecule has 0 saturated carbocycles. The van der Waals surface area contributed by atoms with E-state index in [0.717, 1.165) is 27.7 Å². The van der Waals surface area contributed by atoms with Crippen LogP contribution in [-0.2, 0) is 16.0 Å². The Bertz CT molecular complexity index is 1510. The molecular weight excluding hydrogens is 494 g/mol. The average Bonchev–Trinajstić information content (AvgIpc) is 3.38. The molecule has 4 aromatic rings. The van der Waals surface area contributed by atoms with Gasteiger partial charge in [-0.2, -0.15) is 0 Å². The first-order chi connectivity index (χ1) is 17.5. The van der Waals surface area contributed by atoms with E-state index in [-0.39, 0.29) is 11.9 Å². The molecule has 1 amide bonds. The Morgan fingerprint density at radius 1 is 1.08 bits per heavy atom. The summed E-state index contributed by atoms with van der Waals surface area (Å²) in [6.07, 6.45) is 0.541. The Kier molecular flexibility index (Phi) is 5.54. The number of carbonyl (C=O) groups is 2. The Morgan fingerprint density at radius 2 is 1.81 bits per heavy atom. The van der Waals surface area contributed by atoms with Crippen LogP contribution in [0.4, 0.5) is 5.69 Å². The van der Waals surface area contributed by atoms with E-state index in [9.17, 15) is 9.59 Å². The van der Waals surface area contributed by atoms with Gasteiger partial charge >= 0.3 is 5.97 Å². The van der Waals surface area contributed by atoms with E-state index < -0.39 is 12.0 Å². The Labute approximate surface area is 218 Å². The second kappa shape index (κ2) is 8.76. The van der Waals surface area contributed by atoms with Crippen LogP contribution in [0.25, 0.3) is 10.9 Å². The number of ether oxygens (including phenoxy) is 1. The fraction of sp³-hybridized carbons (Fsp3) is 0.179. The molecule has 0 spiro atoms. The number of carbonyl (C=O) groups excluding carboxylic acids is 2. The first kappa shape index (κ1) is 22.8. The van der Waals surface area contributed by atoms with Crippen LogP contribution in [0, 0.1) is 0 Å². The maximum Gasteiger partial charge on any atom is 0.338 e. The van der Waals surface area contributed by atoms with Gasteiger partial charge in [-0.05, 0) is 72.7 Å². The maximum atomic E-state index is 13.8. The van der Waals surface area contributed by atoms with Crippen molar-refractivity contribution in [3.63, 3.8) is 0 Å². The number of thiocarbonyl (C=S) groups is 1. The zero-order valence-electron chi connectivity index (χ0n) is 19.4. The highest BCUT2D eigenvalue weighted by Gasteiger charge is 2.51. The molecule has 1 aromatic heterocycles. The summed E-state index contributed by atoms with van der Waals surface area (Å²) in [6, 6.07) is 21.9. The topological polar surface area (TPSA) is 65.6 Å². The third kappa shape index (κ3) is 3.50. The summed E-state index contributed by atoms with van der Waals surface area (Å²) in [5.74, 6) is -0.483. The van der Waals surface area contributed by atoms with Crippen molar-refractivity contribution >= 4 is 57.4 Å². The van der Waals surface area contributed by atoms with Crippen molar-refractivity contribution in [2.75, 3.05) is 11.5 Å². The molecule has 0 unspecified atom stereocenters. The Morgan fingerprint density at radius 3 is 2.53 bits per heavy atom. The van der Waals surface area contributed by atoms with Gasteiger partial charge in [0.1, 0.15) is 6.04 Å². The molecule has 3 aromatic carbocycles. The van der Waals surface area contributed by atoms with E-state index in [4.69, 9.17) is 28.6 Å². The molecule has 180 valence electrons. The van der Waals surface area contributed by atoms with Crippen molar-refractivity contribution in [3.8, 4) is 0 Å². The lowest BCUT2D eigenvalue weighted by molar-refractivity contribution is -0.120. The van der Waals surface area contributed by atoms with Gasteiger partial charge in [0, 0.05) is 28.0 Å². The molecule has 3 heterocycles. The average molecular weight is 516 g/mol. The molecule has 1 N–H and O–H groups in total. The molecule has 2 aliphatic rings. The number of anilines is 1. The molecule has 2 atom stereocenters. The summed E-state index contributed by atoms with van der Waals surface area (Å²) in [4.78, 5) is 33.1. The van der Waals surface area contributed by atoms with E-state index in [1.807, 2.05) is 41.3 Å². The van der Waals surface area contributed by atoms with E-state index in [1.165, 1.54) is 0 Å².